The van der Waals surface area contributed by atoms with Crippen LogP contribution in [0.5, 0.6) is 0 Å². The highest BCUT2D eigenvalue weighted by Crippen LogP contribution is 2.27. The molecule has 0 aliphatic rings. The second kappa shape index (κ2) is 12.3. The summed E-state index contributed by atoms with van der Waals surface area (Å²) in [6.07, 6.45) is 10.00. The Hall–Kier alpha value is -2.10. The van der Waals surface area contributed by atoms with Crippen molar-refractivity contribution in [1.82, 2.24) is 5.32 Å². The van der Waals surface area contributed by atoms with Crippen molar-refractivity contribution in [2.45, 2.75) is 59.7 Å². The van der Waals surface area contributed by atoms with Crippen LogP contribution in [0.25, 0.3) is 0 Å². The van der Waals surface area contributed by atoms with Gasteiger partial charge in [0, 0.05) is 23.4 Å². The zero-order valence-electron chi connectivity index (χ0n) is 16.1. The lowest BCUT2D eigenvalue weighted by Gasteiger charge is -2.20. The van der Waals surface area contributed by atoms with Gasteiger partial charge in [0.25, 0.3) is 0 Å². The van der Waals surface area contributed by atoms with Crippen LogP contribution in [0.2, 0.25) is 0 Å². The lowest BCUT2D eigenvalue weighted by Crippen LogP contribution is -2.25. The van der Waals surface area contributed by atoms with Crippen LogP contribution in [0, 0.1) is 0 Å². The molecule has 0 fully saturated rings. The predicted octanol–water partition coefficient (Wildman–Crippen LogP) is 5.78. The van der Waals surface area contributed by atoms with Crippen molar-refractivity contribution in [3.63, 3.8) is 0 Å². The van der Waals surface area contributed by atoms with Gasteiger partial charge in [-0.3, -0.25) is 0 Å². The van der Waals surface area contributed by atoms with Crippen LogP contribution in [0.1, 0.15) is 47.5 Å². The van der Waals surface area contributed by atoms with Crippen LogP contribution >= 0.6 is 0 Å². The number of alkyl halides is 1. The highest BCUT2D eigenvalue weighted by atomic mass is 19.1. The average Bonchev–Trinajstić information content (AvgIpc) is 2.59. The van der Waals surface area contributed by atoms with Crippen molar-refractivity contribution in [3.8, 4) is 0 Å². The number of nitrogens with one attached hydrogen (secondary N) is 1. The normalized spacial score (nSPS) is 15.8. The van der Waals surface area contributed by atoms with Crippen molar-refractivity contribution in [3.05, 3.63) is 71.4 Å². The molecule has 0 aromatic heterocycles. The minimum Gasteiger partial charge on any atom is -0.402 e. The Bertz CT molecular complexity index is 579. The Balaban J connectivity index is 6.53. The van der Waals surface area contributed by atoms with Crippen molar-refractivity contribution < 1.29 is 8.78 Å². The van der Waals surface area contributed by atoms with Gasteiger partial charge in [0.05, 0.1) is 5.70 Å². The van der Waals surface area contributed by atoms with Gasteiger partial charge in [0.2, 0.25) is 0 Å². The number of rotatable bonds is 10. The number of hydrogen-bond acceptors (Lipinski definition) is 2. The standard InChI is InChI=1S/C21H32F2N2/c1-7-10-17(11-8-2)19(13-12-18(22)9-3)21(25-15(4)5)16(6)20(23)14-24/h7,10-15,18,25H,6,8-9,24H2,1-5H3/b10-7-,13-12?,17-11+,20-14+,21-19+. The van der Waals surface area contributed by atoms with Crippen molar-refractivity contribution in [2.75, 3.05) is 0 Å². The van der Waals surface area contributed by atoms with E-state index in [1.54, 1.807) is 13.0 Å². The summed E-state index contributed by atoms with van der Waals surface area (Å²) in [7, 11) is 0. The number of hydrogen-bond donors (Lipinski definition) is 2. The SMILES string of the molecule is C=C(/C(F)=C\N)\C(NC(C)C)=C(C=CC(F)CC)/C(/C=C\C)=C/CC. The number of halogens is 2. The fourth-order valence-electron chi connectivity index (χ4n) is 2.16. The van der Waals surface area contributed by atoms with E-state index in [-0.39, 0.29) is 11.6 Å². The van der Waals surface area contributed by atoms with E-state index in [1.807, 2.05) is 45.9 Å². The first-order valence-electron chi connectivity index (χ1n) is 8.75. The van der Waals surface area contributed by atoms with Gasteiger partial charge in [-0.2, -0.15) is 0 Å². The van der Waals surface area contributed by atoms with Gasteiger partial charge in [-0.05, 0) is 39.2 Å². The summed E-state index contributed by atoms with van der Waals surface area (Å²) >= 11 is 0. The highest BCUT2D eigenvalue weighted by Gasteiger charge is 2.16. The van der Waals surface area contributed by atoms with Crippen molar-refractivity contribution in [1.29, 1.82) is 0 Å². The second-order valence-corrected chi connectivity index (χ2v) is 5.93. The number of nitrogens with two attached hydrogens (primary N) is 1. The van der Waals surface area contributed by atoms with E-state index in [0.29, 0.717) is 17.7 Å². The lowest BCUT2D eigenvalue weighted by atomic mass is 9.96. The Labute approximate surface area is 151 Å². The first-order valence-corrected chi connectivity index (χ1v) is 8.75. The average molecular weight is 350 g/mol. The molecule has 1 atom stereocenters. The third-order valence-corrected chi connectivity index (χ3v) is 3.38. The van der Waals surface area contributed by atoms with E-state index in [9.17, 15) is 8.78 Å². The first kappa shape index (κ1) is 22.9. The van der Waals surface area contributed by atoms with E-state index in [0.717, 1.165) is 18.2 Å². The van der Waals surface area contributed by atoms with E-state index in [2.05, 4.69) is 11.9 Å². The van der Waals surface area contributed by atoms with Gasteiger partial charge < -0.3 is 11.1 Å². The van der Waals surface area contributed by atoms with Gasteiger partial charge in [-0.25, -0.2) is 8.78 Å². The highest BCUT2D eigenvalue weighted by molar-refractivity contribution is 5.56. The van der Waals surface area contributed by atoms with Gasteiger partial charge in [-0.1, -0.05) is 50.8 Å². The topological polar surface area (TPSA) is 38.0 Å². The molecule has 0 radical (unpaired) electrons. The van der Waals surface area contributed by atoms with Gasteiger partial charge >= 0.3 is 0 Å². The molecule has 0 bridgehead atoms. The summed E-state index contributed by atoms with van der Waals surface area (Å²) in [5, 5.41) is 3.23. The molecule has 140 valence electrons. The van der Waals surface area contributed by atoms with Gasteiger partial charge in [0.1, 0.15) is 12.0 Å². The molecule has 0 amide bonds. The zero-order chi connectivity index (χ0) is 19.4. The molecule has 0 saturated heterocycles. The molecule has 3 N–H and O–H groups in total. The maximum atomic E-state index is 14.1. The summed E-state index contributed by atoms with van der Waals surface area (Å²) in [6, 6.07) is 0.0431. The molecule has 0 aliphatic carbocycles. The fourth-order valence-corrected chi connectivity index (χ4v) is 2.16. The second-order valence-electron chi connectivity index (χ2n) is 5.93. The molecule has 1 unspecified atom stereocenters. The lowest BCUT2D eigenvalue weighted by molar-refractivity contribution is 0.390. The quantitative estimate of drug-likeness (QED) is 0.490. The van der Waals surface area contributed by atoms with Crippen molar-refractivity contribution >= 4 is 0 Å². The van der Waals surface area contributed by atoms with Crippen LogP contribution in [0.3, 0.4) is 0 Å². The molecule has 0 aromatic carbocycles. The molecule has 0 heterocycles. The molecule has 2 nitrogen and oxygen atoms in total. The van der Waals surface area contributed by atoms with E-state index in [1.165, 1.54) is 6.08 Å². The van der Waals surface area contributed by atoms with E-state index in [4.69, 9.17) is 5.73 Å². The van der Waals surface area contributed by atoms with Gasteiger partial charge in [0.15, 0.2) is 0 Å². The van der Waals surface area contributed by atoms with Gasteiger partial charge in [-0.15, -0.1) is 0 Å². The number of allylic oxidation sites excluding steroid dienone is 8. The summed E-state index contributed by atoms with van der Waals surface area (Å²) in [5.74, 6) is -0.613. The molecule has 0 saturated carbocycles. The summed E-state index contributed by atoms with van der Waals surface area (Å²) in [6.45, 7) is 13.4. The van der Waals surface area contributed by atoms with Crippen LogP contribution in [0.4, 0.5) is 8.78 Å². The smallest absolute Gasteiger partial charge is 0.147 e. The molecule has 0 rings (SSSR count). The minimum atomic E-state index is -1.06. The Morgan fingerprint density at radius 2 is 1.88 bits per heavy atom. The van der Waals surface area contributed by atoms with Crippen LogP contribution < -0.4 is 11.1 Å². The maximum absolute atomic E-state index is 14.1. The molecular formula is C21H32F2N2. The molecule has 4 heteroatoms. The molecule has 25 heavy (non-hydrogen) atoms. The summed E-state index contributed by atoms with van der Waals surface area (Å²) < 4.78 is 27.9. The van der Waals surface area contributed by atoms with Crippen LogP contribution in [-0.4, -0.2) is 12.2 Å². The minimum absolute atomic E-state index is 0.0431. The Morgan fingerprint density at radius 3 is 2.32 bits per heavy atom. The summed E-state index contributed by atoms with van der Waals surface area (Å²) in [5.41, 5.74) is 7.54. The molecule has 0 spiro atoms. The van der Waals surface area contributed by atoms with Crippen LogP contribution in [0.15, 0.2) is 71.4 Å². The third kappa shape index (κ3) is 8.01. The molecular weight excluding hydrogens is 318 g/mol. The molecule has 0 aromatic rings. The zero-order valence-corrected chi connectivity index (χ0v) is 16.1. The largest absolute Gasteiger partial charge is 0.402 e. The van der Waals surface area contributed by atoms with E-state index < -0.39 is 12.0 Å². The summed E-state index contributed by atoms with van der Waals surface area (Å²) in [4.78, 5) is 0. The van der Waals surface area contributed by atoms with Crippen LogP contribution in [-0.2, 0) is 0 Å². The maximum Gasteiger partial charge on any atom is 0.147 e. The van der Waals surface area contributed by atoms with Crippen molar-refractivity contribution in [2.24, 2.45) is 5.73 Å². The predicted molar refractivity (Wildman–Crippen MR) is 105 cm³/mol. The Morgan fingerprint density at radius 1 is 1.24 bits per heavy atom. The Kier molecular flexibility index (Phi) is 11.3. The third-order valence-electron chi connectivity index (χ3n) is 3.38. The molecule has 0 aliphatic heterocycles. The fraction of sp³-hybridized carbons (Fsp3) is 0.429. The van der Waals surface area contributed by atoms with E-state index >= 15 is 0 Å². The first-order chi connectivity index (χ1) is 11.8. The monoisotopic (exact) mass is 350 g/mol.